The van der Waals surface area contributed by atoms with E-state index in [2.05, 4.69) is 10.5 Å². The van der Waals surface area contributed by atoms with Gasteiger partial charge < -0.3 is 9.84 Å². The zero-order chi connectivity index (χ0) is 8.97. The van der Waals surface area contributed by atoms with Gasteiger partial charge in [0.05, 0.1) is 5.69 Å². The number of nitrogens with one attached hydrogen (secondary N) is 1. The van der Waals surface area contributed by atoms with Crippen molar-refractivity contribution in [3.8, 4) is 0 Å². The Morgan fingerprint density at radius 1 is 1.75 bits per heavy atom. The summed E-state index contributed by atoms with van der Waals surface area (Å²) in [5, 5.41) is 8.24. The first-order valence-electron chi connectivity index (χ1n) is 3.84. The molecule has 1 aromatic heterocycles. The molecule has 0 saturated heterocycles. The van der Waals surface area contributed by atoms with Gasteiger partial charge >= 0.3 is 0 Å². The van der Waals surface area contributed by atoms with E-state index in [4.69, 9.17) is 10.4 Å². The van der Waals surface area contributed by atoms with Crippen LogP contribution >= 0.6 is 0 Å². The number of nitrogens with two attached hydrogens (primary N) is 1. The first kappa shape index (κ1) is 9.02. The van der Waals surface area contributed by atoms with Crippen molar-refractivity contribution in [2.75, 3.05) is 25.1 Å². The summed E-state index contributed by atoms with van der Waals surface area (Å²) in [5.74, 6) is 6.25. The van der Waals surface area contributed by atoms with Gasteiger partial charge in [-0.3, -0.25) is 5.01 Å². The molecule has 0 fully saturated rings. The molecule has 0 saturated carbocycles. The number of aromatic nitrogens is 1. The summed E-state index contributed by atoms with van der Waals surface area (Å²) < 4.78 is 4.95. The van der Waals surface area contributed by atoms with E-state index >= 15 is 0 Å². The average Bonchev–Trinajstić information content (AvgIpc) is 2.47. The van der Waals surface area contributed by atoms with E-state index in [0.29, 0.717) is 12.4 Å². The molecule has 0 unspecified atom stereocenters. The predicted molar refractivity (Wildman–Crippen MR) is 46.7 cm³/mol. The molecular weight excluding hydrogens is 156 g/mol. The van der Waals surface area contributed by atoms with Crippen molar-refractivity contribution in [3.63, 3.8) is 0 Å². The topological polar surface area (TPSA) is 67.3 Å². The second kappa shape index (κ2) is 4.08. The van der Waals surface area contributed by atoms with Crippen molar-refractivity contribution in [2.24, 2.45) is 5.84 Å². The van der Waals surface area contributed by atoms with Gasteiger partial charge in [-0.25, -0.2) is 5.84 Å². The molecule has 3 N–H and O–H groups in total. The van der Waals surface area contributed by atoms with Gasteiger partial charge in [-0.2, -0.15) is 0 Å². The highest BCUT2D eigenvalue weighted by atomic mass is 16.5. The number of hydrogen-bond donors (Lipinski definition) is 2. The fraction of sp³-hybridized carbons (Fsp3) is 0.571. The zero-order valence-electron chi connectivity index (χ0n) is 7.37. The third-order valence-corrected chi connectivity index (χ3v) is 1.50. The van der Waals surface area contributed by atoms with Crippen LogP contribution in [0.25, 0.3) is 0 Å². The highest BCUT2D eigenvalue weighted by Gasteiger charge is 2.05. The van der Waals surface area contributed by atoms with Gasteiger partial charge in [-0.1, -0.05) is 5.16 Å². The van der Waals surface area contributed by atoms with Crippen LogP contribution in [-0.2, 0) is 0 Å². The lowest BCUT2D eigenvalue weighted by Crippen LogP contribution is -2.36. The highest BCUT2D eigenvalue weighted by Crippen LogP contribution is 2.10. The van der Waals surface area contributed by atoms with Crippen LogP contribution in [-0.4, -0.2) is 25.3 Å². The largest absolute Gasteiger partial charge is 0.337 e. The number of anilines is 1. The van der Waals surface area contributed by atoms with E-state index < -0.39 is 0 Å². The molecule has 0 aliphatic rings. The minimum absolute atomic E-state index is 0.600. The Morgan fingerprint density at radius 3 is 3.00 bits per heavy atom. The molecule has 0 aliphatic carbocycles. The van der Waals surface area contributed by atoms with Crippen LogP contribution in [0.15, 0.2) is 10.6 Å². The van der Waals surface area contributed by atoms with Crippen LogP contribution in [0.3, 0.4) is 0 Å². The van der Waals surface area contributed by atoms with Crippen molar-refractivity contribution >= 4 is 5.88 Å². The molecule has 0 atom stereocenters. The number of rotatable bonds is 4. The summed E-state index contributed by atoms with van der Waals surface area (Å²) in [6.07, 6.45) is 0. The smallest absolute Gasteiger partial charge is 0.241 e. The average molecular weight is 170 g/mol. The van der Waals surface area contributed by atoms with E-state index in [1.54, 1.807) is 6.07 Å². The number of aryl methyl sites for hydroxylation is 1. The maximum Gasteiger partial charge on any atom is 0.241 e. The second-order valence-electron chi connectivity index (χ2n) is 2.60. The summed E-state index contributed by atoms with van der Waals surface area (Å²) >= 11 is 0. The van der Waals surface area contributed by atoms with E-state index in [1.165, 1.54) is 5.01 Å². The van der Waals surface area contributed by atoms with Gasteiger partial charge in [-0.05, 0) is 14.0 Å². The summed E-state index contributed by atoms with van der Waals surface area (Å²) in [5.41, 5.74) is 0.838. The first-order chi connectivity index (χ1) is 5.74. The maximum atomic E-state index is 5.65. The lowest BCUT2D eigenvalue weighted by atomic mass is 10.4. The maximum absolute atomic E-state index is 5.65. The Bertz CT molecular complexity index is 235. The lowest BCUT2D eigenvalue weighted by Gasteiger charge is -2.12. The fourth-order valence-electron chi connectivity index (χ4n) is 0.828. The van der Waals surface area contributed by atoms with Gasteiger partial charge in [0.15, 0.2) is 0 Å². The Kier molecular flexibility index (Phi) is 3.07. The molecule has 1 rings (SSSR count). The normalized spacial score (nSPS) is 10.2. The molecule has 12 heavy (non-hydrogen) atoms. The molecule has 1 heterocycles. The molecule has 5 heteroatoms. The lowest BCUT2D eigenvalue weighted by molar-refractivity contribution is 0.411. The van der Waals surface area contributed by atoms with Crippen LogP contribution in [0.4, 0.5) is 5.88 Å². The van der Waals surface area contributed by atoms with Crippen molar-refractivity contribution in [1.29, 1.82) is 0 Å². The van der Waals surface area contributed by atoms with E-state index in [-0.39, 0.29) is 0 Å². The predicted octanol–water partition coefficient (Wildman–Crippen LogP) is -0.117. The van der Waals surface area contributed by atoms with Crippen molar-refractivity contribution in [1.82, 2.24) is 10.5 Å². The molecule has 0 aliphatic heterocycles. The van der Waals surface area contributed by atoms with Crippen LogP contribution in [0, 0.1) is 6.92 Å². The fourth-order valence-corrected chi connectivity index (χ4v) is 0.828. The van der Waals surface area contributed by atoms with Crippen molar-refractivity contribution < 1.29 is 4.52 Å². The monoisotopic (exact) mass is 170 g/mol. The summed E-state index contributed by atoms with van der Waals surface area (Å²) in [4.78, 5) is 0. The van der Waals surface area contributed by atoms with E-state index in [9.17, 15) is 0 Å². The van der Waals surface area contributed by atoms with Gasteiger partial charge in [0.1, 0.15) is 0 Å². The number of nitrogens with zero attached hydrogens (tertiary/aromatic N) is 2. The second-order valence-corrected chi connectivity index (χ2v) is 2.60. The van der Waals surface area contributed by atoms with Crippen molar-refractivity contribution in [3.05, 3.63) is 11.8 Å². The van der Waals surface area contributed by atoms with E-state index in [0.717, 1.165) is 12.2 Å². The molecular formula is C7H14N4O. The molecule has 0 bridgehead atoms. The minimum Gasteiger partial charge on any atom is -0.337 e. The first-order valence-corrected chi connectivity index (χ1v) is 3.84. The van der Waals surface area contributed by atoms with Crippen LogP contribution in [0.1, 0.15) is 5.69 Å². The standard InChI is InChI=1S/C7H14N4O/c1-6-5-7(12-10-6)11(8)4-3-9-2/h5,9H,3-4,8H2,1-2H3. The third-order valence-electron chi connectivity index (χ3n) is 1.50. The molecule has 0 aromatic carbocycles. The summed E-state index contributed by atoms with van der Waals surface area (Å²) in [7, 11) is 1.87. The molecule has 0 radical (unpaired) electrons. The van der Waals surface area contributed by atoms with Crippen LogP contribution < -0.4 is 16.2 Å². The number of hydrazine groups is 1. The highest BCUT2D eigenvalue weighted by molar-refractivity contribution is 5.32. The molecule has 0 spiro atoms. The Morgan fingerprint density at radius 2 is 2.50 bits per heavy atom. The quantitative estimate of drug-likeness (QED) is 0.487. The van der Waals surface area contributed by atoms with Gasteiger partial charge in [0, 0.05) is 19.2 Å². The SMILES string of the molecule is CNCCN(N)c1cc(C)no1. The summed E-state index contributed by atoms with van der Waals surface area (Å²) in [6.45, 7) is 3.38. The molecule has 1 aromatic rings. The Hall–Kier alpha value is -1.07. The van der Waals surface area contributed by atoms with Crippen LogP contribution in [0.5, 0.6) is 0 Å². The Balaban J connectivity index is 2.47. The van der Waals surface area contributed by atoms with Gasteiger partial charge in [0.25, 0.3) is 0 Å². The summed E-state index contributed by atoms with van der Waals surface area (Å²) in [6, 6.07) is 1.80. The van der Waals surface area contributed by atoms with Gasteiger partial charge in [0.2, 0.25) is 5.88 Å². The van der Waals surface area contributed by atoms with Crippen molar-refractivity contribution in [2.45, 2.75) is 6.92 Å². The third kappa shape index (κ3) is 2.21. The minimum atomic E-state index is 0.600. The Labute approximate surface area is 71.5 Å². The number of hydrogen-bond acceptors (Lipinski definition) is 5. The van der Waals surface area contributed by atoms with Gasteiger partial charge in [-0.15, -0.1) is 0 Å². The van der Waals surface area contributed by atoms with E-state index in [1.807, 2.05) is 14.0 Å². The molecule has 68 valence electrons. The molecule has 0 amide bonds. The zero-order valence-corrected chi connectivity index (χ0v) is 7.37. The molecule has 5 nitrogen and oxygen atoms in total. The van der Waals surface area contributed by atoms with Crippen LogP contribution in [0.2, 0.25) is 0 Å². The number of likely N-dealkylation sites (N-methyl/N-ethyl adjacent to an activating group) is 1.